The number of pyridine rings is 1. The van der Waals surface area contributed by atoms with Crippen LogP contribution in [0.15, 0.2) is 53.7 Å². The number of rotatable bonds is 6. The summed E-state index contributed by atoms with van der Waals surface area (Å²) in [7, 11) is -3.66. The zero-order valence-corrected chi connectivity index (χ0v) is 19.4. The molecule has 34 heavy (non-hydrogen) atoms. The lowest BCUT2D eigenvalue weighted by atomic mass is 10.2. The fourth-order valence-electron chi connectivity index (χ4n) is 4.49. The molecule has 2 aromatic heterocycles. The second-order valence-corrected chi connectivity index (χ2v) is 10.4. The van der Waals surface area contributed by atoms with Gasteiger partial charge in [-0.3, -0.25) is 14.5 Å². The van der Waals surface area contributed by atoms with Crippen LogP contribution in [0.1, 0.15) is 12.8 Å². The Morgan fingerprint density at radius 2 is 1.91 bits per heavy atom. The number of hydrogen-bond donors (Lipinski definition) is 2. The van der Waals surface area contributed by atoms with Crippen molar-refractivity contribution in [2.75, 3.05) is 49.5 Å². The molecule has 5 rings (SSSR count). The minimum atomic E-state index is -3.66. The number of H-pyrrole nitrogens is 1. The van der Waals surface area contributed by atoms with Crippen LogP contribution in [-0.2, 0) is 19.6 Å². The highest BCUT2D eigenvalue weighted by atomic mass is 32.2. The highest BCUT2D eigenvalue weighted by Crippen LogP contribution is 2.26. The summed E-state index contributed by atoms with van der Waals surface area (Å²) >= 11 is 0. The Hall–Kier alpha value is -3.28. The molecule has 2 fully saturated rings. The maximum Gasteiger partial charge on any atom is 0.245 e. The van der Waals surface area contributed by atoms with Gasteiger partial charge in [0, 0.05) is 68.3 Å². The average molecular weight is 483 g/mol. The zero-order valence-electron chi connectivity index (χ0n) is 18.6. The second-order valence-electron chi connectivity index (χ2n) is 8.48. The van der Waals surface area contributed by atoms with Crippen molar-refractivity contribution in [2.45, 2.75) is 17.7 Å². The first-order chi connectivity index (χ1) is 16.4. The van der Waals surface area contributed by atoms with Crippen molar-refractivity contribution in [3.63, 3.8) is 0 Å². The summed E-state index contributed by atoms with van der Waals surface area (Å²) in [5.74, 6) is -0.0795. The molecule has 0 radical (unpaired) electrons. The molecule has 0 spiro atoms. The van der Waals surface area contributed by atoms with Crippen molar-refractivity contribution in [1.29, 1.82) is 0 Å². The van der Waals surface area contributed by atoms with E-state index in [1.165, 1.54) is 10.5 Å². The quantitative estimate of drug-likeness (QED) is 0.551. The van der Waals surface area contributed by atoms with E-state index in [9.17, 15) is 18.0 Å². The summed E-state index contributed by atoms with van der Waals surface area (Å²) in [4.78, 5) is 35.6. The molecule has 10 nitrogen and oxygen atoms in total. The van der Waals surface area contributed by atoms with Crippen LogP contribution in [0.4, 0.5) is 11.4 Å². The number of carbonyl (C=O) groups is 2. The van der Waals surface area contributed by atoms with E-state index in [0.717, 1.165) is 12.1 Å². The first-order valence-electron chi connectivity index (χ1n) is 11.3. The summed E-state index contributed by atoms with van der Waals surface area (Å²) in [6, 6.07) is 10.7. The molecular formula is C23H26N6O4S. The van der Waals surface area contributed by atoms with Gasteiger partial charge in [0.1, 0.15) is 10.5 Å². The molecule has 0 bridgehead atoms. The predicted molar refractivity (Wildman–Crippen MR) is 128 cm³/mol. The van der Waals surface area contributed by atoms with Crippen molar-refractivity contribution in [3.8, 4) is 0 Å². The smallest absolute Gasteiger partial charge is 0.245 e. The molecule has 0 atom stereocenters. The van der Waals surface area contributed by atoms with Gasteiger partial charge in [-0.15, -0.1) is 0 Å². The number of fused-ring (bicyclic) bond motifs is 1. The first kappa shape index (κ1) is 22.5. The van der Waals surface area contributed by atoms with Crippen molar-refractivity contribution in [3.05, 3.63) is 48.8 Å². The van der Waals surface area contributed by atoms with Gasteiger partial charge in [0.2, 0.25) is 21.8 Å². The molecule has 178 valence electrons. The fourth-order valence-corrected chi connectivity index (χ4v) is 6.06. The summed E-state index contributed by atoms with van der Waals surface area (Å²) in [6.45, 7) is 2.37. The number of aromatic nitrogens is 2. The monoisotopic (exact) mass is 482 g/mol. The SMILES string of the molecule is O=C(CN1CCN(S(=O)(=O)c2c[nH]c3ncccc23)CC1)Nc1cccc(N2CCCC2=O)c1. The molecule has 0 saturated carbocycles. The minimum absolute atomic E-state index is 0.0974. The summed E-state index contributed by atoms with van der Waals surface area (Å²) in [5, 5.41) is 3.46. The number of piperazine rings is 1. The number of hydrogen-bond acceptors (Lipinski definition) is 6. The van der Waals surface area contributed by atoms with E-state index >= 15 is 0 Å². The van der Waals surface area contributed by atoms with Crippen LogP contribution in [0.3, 0.4) is 0 Å². The molecule has 4 heterocycles. The number of nitrogens with zero attached hydrogens (tertiary/aromatic N) is 4. The maximum absolute atomic E-state index is 13.1. The van der Waals surface area contributed by atoms with Gasteiger partial charge in [0.25, 0.3) is 0 Å². The second kappa shape index (κ2) is 9.16. The van der Waals surface area contributed by atoms with Gasteiger partial charge in [0.05, 0.1) is 6.54 Å². The number of amides is 2. The third-order valence-electron chi connectivity index (χ3n) is 6.24. The van der Waals surface area contributed by atoms with Crippen LogP contribution in [0.5, 0.6) is 0 Å². The number of sulfonamides is 1. The molecule has 1 aromatic carbocycles. The lowest BCUT2D eigenvalue weighted by Gasteiger charge is -2.33. The average Bonchev–Trinajstić information content (AvgIpc) is 3.46. The fraction of sp³-hybridized carbons (Fsp3) is 0.348. The van der Waals surface area contributed by atoms with Gasteiger partial charge in [0.15, 0.2) is 0 Å². The van der Waals surface area contributed by atoms with E-state index < -0.39 is 10.0 Å². The number of nitrogens with one attached hydrogen (secondary N) is 2. The van der Waals surface area contributed by atoms with E-state index in [2.05, 4.69) is 15.3 Å². The van der Waals surface area contributed by atoms with Gasteiger partial charge < -0.3 is 15.2 Å². The Balaban J connectivity index is 1.17. The molecule has 0 aliphatic carbocycles. The van der Waals surface area contributed by atoms with E-state index in [-0.39, 0.29) is 23.3 Å². The Labute approximate surface area is 197 Å². The van der Waals surface area contributed by atoms with Crippen molar-refractivity contribution < 1.29 is 18.0 Å². The standard InChI is InChI=1S/C23H26N6O4S/c30-21(26-17-4-1-5-18(14-17)29-9-3-7-22(29)31)16-27-10-12-28(13-11-27)34(32,33)20-15-25-23-19(20)6-2-8-24-23/h1-2,4-6,8,14-15H,3,7,9-13,16H2,(H,24,25)(H,26,30). The normalized spacial score (nSPS) is 18.0. The molecule has 0 unspecified atom stereocenters. The molecule has 11 heteroatoms. The van der Waals surface area contributed by atoms with E-state index in [1.807, 2.05) is 23.1 Å². The largest absolute Gasteiger partial charge is 0.345 e. The van der Waals surface area contributed by atoms with Crippen LogP contribution >= 0.6 is 0 Å². The minimum Gasteiger partial charge on any atom is -0.345 e. The van der Waals surface area contributed by atoms with E-state index in [1.54, 1.807) is 29.3 Å². The van der Waals surface area contributed by atoms with Crippen LogP contribution in [-0.4, -0.2) is 78.7 Å². The number of anilines is 2. The maximum atomic E-state index is 13.1. The number of carbonyl (C=O) groups excluding carboxylic acids is 2. The third-order valence-corrected chi connectivity index (χ3v) is 8.18. The highest BCUT2D eigenvalue weighted by Gasteiger charge is 2.31. The molecule has 2 aliphatic heterocycles. The summed E-state index contributed by atoms with van der Waals surface area (Å²) in [6.07, 6.45) is 4.49. The number of benzene rings is 1. The molecule has 2 saturated heterocycles. The third kappa shape index (κ3) is 4.41. The topological polar surface area (TPSA) is 119 Å². The molecule has 2 N–H and O–H groups in total. The van der Waals surface area contributed by atoms with Crippen molar-refractivity contribution >= 4 is 44.2 Å². The molecule has 2 amide bonds. The van der Waals surface area contributed by atoms with Crippen LogP contribution in [0, 0.1) is 0 Å². The first-order valence-corrected chi connectivity index (χ1v) is 12.7. The Bertz CT molecular complexity index is 1330. The highest BCUT2D eigenvalue weighted by molar-refractivity contribution is 7.89. The van der Waals surface area contributed by atoms with Crippen molar-refractivity contribution in [2.24, 2.45) is 0 Å². The van der Waals surface area contributed by atoms with Gasteiger partial charge in [-0.2, -0.15) is 4.31 Å². The van der Waals surface area contributed by atoms with Crippen molar-refractivity contribution in [1.82, 2.24) is 19.2 Å². The zero-order chi connectivity index (χ0) is 23.7. The van der Waals surface area contributed by atoms with Crippen LogP contribution < -0.4 is 10.2 Å². The van der Waals surface area contributed by atoms with E-state index in [0.29, 0.717) is 55.9 Å². The van der Waals surface area contributed by atoms with Gasteiger partial charge in [-0.1, -0.05) is 6.07 Å². The predicted octanol–water partition coefficient (Wildman–Crippen LogP) is 1.63. The van der Waals surface area contributed by atoms with Gasteiger partial charge in [-0.25, -0.2) is 13.4 Å². The summed E-state index contributed by atoms with van der Waals surface area (Å²) in [5.41, 5.74) is 1.96. The molecule has 2 aliphatic rings. The lowest BCUT2D eigenvalue weighted by Crippen LogP contribution is -2.50. The Morgan fingerprint density at radius 3 is 2.68 bits per heavy atom. The van der Waals surface area contributed by atoms with Gasteiger partial charge in [-0.05, 0) is 36.8 Å². The van der Waals surface area contributed by atoms with Crippen LogP contribution in [0.25, 0.3) is 11.0 Å². The lowest BCUT2D eigenvalue weighted by molar-refractivity contribution is -0.118. The molecule has 3 aromatic rings. The van der Waals surface area contributed by atoms with E-state index in [4.69, 9.17) is 0 Å². The van der Waals surface area contributed by atoms with Gasteiger partial charge >= 0.3 is 0 Å². The molecular weight excluding hydrogens is 456 g/mol. The summed E-state index contributed by atoms with van der Waals surface area (Å²) < 4.78 is 27.7. The van der Waals surface area contributed by atoms with Crippen LogP contribution in [0.2, 0.25) is 0 Å². The Morgan fingerprint density at radius 1 is 1.09 bits per heavy atom. The Kier molecular flexibility index (Phi) is 6.07. The number of aromatic amines is 1.